The third-order valence-corrected chi connectivity index (χ3v) is 6.20. The lowest BCUT2D eigenvalue weighted by molar-refractivity contribution is 0.550. The van der Waals surface area contributed by atoms with E-state index in [1.54, 1.807) is 0 Å². The van der Waals surface area contributed by atoms with E-state index in [4.69, 9.17) is 0 Å². The third-order valence-electron chi connectivity index (χ3n) is 5.31. The van der Waals surface area contributed by atoms with Crippen LogP contribution in [0.5, 0.6) is 0 Å². The Morgan fingerprint density at radius 3 is 2.73 bits per heavy atom. The molecule has 1 aromatic rings. The highest BCUT2D eigenvalue weighted by Crippen LogP contribution is 2.40. The standard InChI is InChI=1S/C23H35N2Si/c1-6-7-8-11-18-15-20(24-5)19-13-14-23(4,25-21(19)16-18)22(26)12-9-10-17(2)3/h10,13-16,22,24-25H,6-9,11-12H2,1-5H3. The van der Waals surface area contributed by atoms with Crippen molar-refractivity contribution in [1.29, 1.82) is 0 Å². The van der Waals surface area contributed by atoms with Crippen molar-refractivity contribution in [2.75, 3.05) is 17.7 Å². The van der Waals surface area contributed by atoms with E-state index in [0.29, 0.717) is 5.54 Å². The molecule has 1 aliphatic heterocycles. The first-order valence-electron chi connectivity index (χ1n) is 10.1. The van der Waals surface area contributed by atoms with Gasteiger partial charge >= 0.3 is 0 Å². The topological polar surface area (TPSA) is 24.1 Å². The molecule has 0 amide bonds. The van der Waals surface area contributed by atoms with Gasteiger partial charge in [0, 0.05) is 34.2 Å². The minimum absolute atomic E-state index is 0.0770. The fraction of sp³-hybridized carbons (Fsp3) is 0.565. The number of allylic oxidation sites excluding steroid dienone is 2. The maximum Gasteiger partial charge on any atom is 0.0529 e. The lowest BCUT2D eigenvalue weighted by Crippen LogP contribution is -2.39. The monoisotopic (exact) mass is 367 g/mol. The highest BCUT2D eigenvalue weighted by molar-refractivity contribution is 6.13. The van der Waals surface area contributed by atoms with Gasteiger partial charge in [-0.3, -0.25) is 0 Å². The van der Waals surface area contributed by atoms with Crippen molar-refractivity contribution in [3.8, 4) is 0 Å². The van der Waals surface area contributed by atoms with Crippen molar-refractivity contribution in [3.63, 3.8) is 0 Å². The summed E-state index contributed by atoms with van der Waals surface area (Å²) in [4.78, 5) is 0. The molecule has 2 atom stereocenters. The van der Waals surface area contributed by atoms with Crippen molar-refractivity contribution in [2.24, 2.45) is 0 Å². The van der Waals surface area contributed by atoms with E-state index < -0.39 is 0 Å². The quantitative estimate of drug-likeness (QED) is 0.301. The molecule has 3 radical (unpaired) electrons. The minimum Gasteiger partial charge on any atom is -0.388 e. The molecule has 3 heteroatoms. The lowest BCUT2D eigenvalue weighted by Gasteiger charge is -2.39. The Hall–Kier alpha value is -1.48. The number of fused-ring (bicyclic) bond motifs is 1. The molecule has 2 unspecified atom stereocenters. The summed E-state index contributed by atoms with van der Waals surface area (Å²) in [5.41, 5.74) is 6.85. The van der Waals surface area contributed by atoms with Gasteiger partial charge in [0.15, 0.2) is 0 Å². The Morgan fingerprint density at radius 1 is 1.31 bits per heavy atom. The summed E-state index contributed by atoms with van der Waals surface area (Å²) in [7, 11) is 6.02. The summed E-state index contributed by atoms with van der Waals surface area (Å²) in [6.07, 6.45) is 14.1. The van der Waals surface area contributed by atoms with Crippen LogP contribution in [0.1, 0.15) is 70.9 Å². The van der Waals surface area contributed by atoms with Gasteiger partial charge in [0.1, 0.15) is 0 Å². The van der Waals surface area contributed by atoms with E-state index in [0.717, 1.165) is 19.3 Å². The van der Waals surface area contributed by atoms with Crippen molar-refractivity contribution >= 4 is 27.7 Å². The largest absolute Gasteiger partial charge is 0.388 e. The summed E-state index contributed by atoms with van der Waals surface area (Å²) in [5, 5.41) is 7.20. The molecule has 0 aliphatic carbocycles. The summed E-state index contributed by atoms with van der Waals surface area (Å²) >= 11 is 0. The molecule has 0 aromatic heterocycles. The van der Waals surface area contributed by atoms with Crippen LogP contribution in [0.2, 0.25) is 5.54 Å². The van der Waals surface area contributed by atoms with E-state index in [1.165, 1.54) is 47.3 Å². The van der Waals surface area contributed by atoms with E-state index in [9.17, 15) is 0 Å². The molecule has 0 saturated carbocycles. The van der Waals surface area contributed by atoms with E-state index in [2.05, 4.69) is 78.9 Å². The van der Waals surface area contributed by atoms with Gasteiger partial charge < -0.3 is 10.6 Å². The van der Waals surface area contributed by atoms with Crippen LogP contribution in [-0.4, -0.2) is 22.8 Å². The molecule has 0 spiro atoms. The van der Waals surface area contributed by atoms with Crippen molar-refractivity contribution < 1.29 is 0 Å². The van der Waals surface area contributed by atoms with E-state index in [1.807, 2.05) is 7.05 Å². The number of aryl methyl sites for hydroxylation is 1. The minimum atomic E-state index is -0.0770. The van der Waals surface area contributed by atoms with Crippen LogP contribution in [0.25, 0.3) is 6.08 Å². The Kier molecular flexibility index (Phi) is 7.57. The first-order valence-corrected chi connectivity index (χ1v) is 10.6. The first-order chi connectivity index (χ1) is 12.4. The van der Waals surface area contributed by atoms with Crippen molar-refractivity contribution in [1.82, 2.24) is 0 Å². The SMILES string of the molecule is CCCCCc1cc(NC)c2c(c1)NC(C)(C([Si])CCC=C(C)C)C=C2. The molecule has 26 heavy (non-hydrogen) atoms. The molecule has 2 nitrogen and oxygen atoms in total. The highest BCUT2D eigenvalue weighted by atomic mass is 28.1. The molecule has 141 valence electrons. The Balaban J connectivity index is 2.19. The lowest BCUT2D eigenvalue weighted by atomic mass is 9.87. The number of nitrogens with one attached hydrogen (secondary N) is 2. The second-order valence-electron chi connectivity index (χ2n) is 7.96. The summed E-state index contributed by atoms with van der Waals surface area (Å²) in [5.74, 6) is 0. The van der Waals surface area contributed by atoms with Gasteiger partial charge in [0.2, 0.25) is 0 Å². The zero-order valence-corrected chi connectivity index (χ0v) is 18.2. The maximum atomic E-state index is 4.00. The Morgan fingerprint density at radius 2 is 2.08 bits per heavy atom. The maximum absolute atomic E-state index is 4.00. The van der Waals surface area contributed by atoms with Gasteiger partial charge in [0.05, 0.1) is 5.54 Å². The van der Waals surface area contributed by atoms with Crippen molar-refractivity contribution in [2.45, 2.75) is 77.3 Å². The van der Waals surface area contributed by atoms with Crippen LogP contribution in [-0.2, 0) is 6.42 Å². The number of unbranched alkanes of at least 4 members (excludes halogenated alkanes) is 2. The predicted molar refractivity (Wildman–Crippen MR) is 118 cm³/mol. The van der Waals surface area contributed by atoms with Gasteiger partial charge in [0.25, 0.3) is 0 Å². The molecule has 1 heterocycles. The molecule has 0 fully saturated rings. The zero-order chi connectivity index (χ0) is 19.2. The van der Waals surface area contributed by atoms with Gasteiger partial charge in [-0.2, -0.15) is 0 Å². The van der Waals surface area contributed by atoms with Crippen LogP contribution in [0, 0.1) is 0 Å². The molecule has 0 saturated heterocycles. The van der Waals surface area contributed by atoms with Crippen LogP contribution < -0.4 is 10.6 Å². The average Bonchev–Trinajstić information content (AvgIpc) is 2.60. The van der Waals surface area contributed by atoms with Crippen LogP contribution in [0.4, 0.5) is 11.4 Å². The molecule has 2 N–H and O–H groups in total. The number of hydrogen-bond donors (Lipinski definition) is 2. The van der Waals surface area contributed by atoms with Gasteiger partial charge in [-0.05, 0) is 69.7 Å². The number of rotatable bonds is 9. The molecular formula is C23H35N2Si. The van der Waals surface area contributed by atoms with Gasteiger partial charge in [-0.25, -0.2) is 0 Å². The summed E-state index contributed by atoms with van der Waals surface area (Å²) in [6, 6.07) is 4.66. The predicted octanol–water partition coefficient (Wildman–Crippen LogP) is 6.36. The number of hydrogen-bond acceptors (Lipinski definition) is 2. The number of anilines is 2. The molecule has 1 aliphatic rings. The third kappa shape index (κ3) is 5.26. The Bertz CT molecular complexity index is 658. The average molecular weight is 368 g/mol. The normalized spacial score (nSPS) is 19.5. The van der Waals surface area contributed by atoms with E-state index >= 15 is 0 Å². The summed E-state index contributed by atoms with van der Waals surface area (Å²) < 4.78 is 0. The van der Waals surface area contributed by atoms with Gasteiger partial charge in [-0.15, -0.1) is 0 Å². The smallest absolute Gasteiger partial charge is 0.0529 e. The zero-order valence-electron chi connectivity index (χ0n) is 17.2. The number of benzene rings is 1. The molecule has 2 rings (SSSR count). The van der Waals surface area contributed by atoms with E-state index in [-0.39, 0.29) is 5.54 Å². The first kappa shape index (κ1) is 20.8. The molecule has 1 aromatic carbocycles. The second kappa shape index (κ2) is 9.45. The van der Waals surface area contributed by atoms with Crippen LogP contribution in [0.15, 0.2) is 29.9 Å². The molecular weight excluding hydrogens is 332 g/mol. The highest BCUT2D eigenvalue weighted by Gasteiger charge is 2.31. The van der Waals surface area contributed by atoms with Crippen molar-refractivity contribution in [3.05, 3.63) is 41.0 Å². The van der Waals surface area contributed by atoms with Crippen LogP contribution >= 0.6 is 0 Å². The van der Waals surface area contributed by atoms with Gasteiger partial charge in [-0.1, -0.05) is 43.6 Å². The summed E-state index contributed by atoms with van der Waals surface area (Å²) in [6.45, 7) is 8.88. The fourth-order valence-corrected chi connectivity index (χ4v) is 3.89. The fourth-order valence-electron chi connectivity index (χ4n) is 3.56. The molecule has 0 bridgehead atoms. The Labute approximate surface area is 164 Å². The second-order valence-corrected chi connectivity index (χ2v) is 8.66. The van der Waals surface area contributed by atoms with Crippen LogP contribution in [0.3, 0.4) is 0 Å².